The number of carbonyl (C=O) groups is 9. The molecule has 6 rings (SSSR count). The van der Waals surface area contributed by atoms with Crippen LogP contribution in [-0.2, 0) is 54.6 Å². The summed E-state index contributed by atoms with van der Waals surface area (Å²) in [4.78, 5) is 110. The summed E-state index contributed by atoms with van der Waals surface area (Å²) in [6.45, 7) is 7.43. The van der Waals surface area contributed by atoms with Gasteiger partial charge in [0.05, 0.1) is 60.2 Å². The van der Waals surface area contributed by atoms with E-state index in [9.17, 15) is 48.3 Å². The van der Waals surface area contributed by atoms with Gasteiger partial charge in [-0.05, 0) is 123 Å². The minimum atomic E-state index is -1.25. The van der Waals surface area contributed by atoms with Crippen molar-refractivity contribution in [2.24, 2.45) is 0 Å². The molecule has 6 amide bonds. The number of carbonyl (C=O) groups excluding carboxylic acids is 7. The molecule has 0 aliphatic rings. The van der Waals surface area contributed by atoms with E-state index >= 15 is 0 Å². The first-order valence-electron chi connectivity index (χ1n) is 25.4. The lowest BCUT2D eigenvalue weighted by Gasteiger charge is -2.20. The highest BCUT2D eigenvalue weighted by molar-refractivity contribution is 6.40. The Morgan fingerprint density at radius 2 is 0.917 bits per heavy atom. The quantitative estimate of drug-likeness (QED) is 0.0178. The van der Waals surface area contributed by atoms with Gasteiger partial charge in [0.25, 0.3) is 11.8 Å². The van der Waals surface area contributed by atoms with Gasteiger partial charge < -0.3 is 62.2 Å². The summed E-state index contributed by atoms with van der Waals surface area (Å²) in [5, 5.41) is 29.5. The van der Waals surface area contributed by atoms with Gasteiger partial charge in [-0.2, -0.15) is 0 Å². The van der Waals surface area contributed by atoms with Gasteiger partial charge >= 0.3 is 29.9 Å². The van der Waals surface area contributed by atoms with Crippen LogP contribution in [0.25, 0.3) is 0 Å². The molecule has 444 valence electrons. The summed E-state index contributed by atoms with van der Waals surface area (Å²) < 4.78 is 10.6. The summed E-state index contributed by atoms with van der Waals surface area (Å²) in [6.07, 6.45) is 0.888. The van der Waals surface area contributed by atoms with Crippen LogP contribution in [0, 0.1) is 0 Å². The molecule has 25 heteroatoms. The standard InChI is InChI=1S/C30H30Cl2N4O7.C19H20Cl2N2O3.C10H12N2O3/c1-17(2)43-29(41)25(34-27(38)26-22(31)5-4-6-23(26)32)14-18-7-10-20(11-8-18)33-30(42)35-24-12-9-19(15-36(3)16-37)13-21(24)28(39)40;1-11(2)26-19(25)16(10-12-6-8-13(22)9-7-12)23-18(24)17-14(20)4-3-5-15(17)21;1-12(6-13)5-7-2-3-9(11)8(4-7)10(14)15/h4-13,16-17,25H,14-15H2,1-3H3,(H,34,38)(H,39,40)(H2,33,35,42);3-9,11,16H,10,22H2,1-2H3,(H,23,24);2-4,6H,5,11H2,1H3,(H,14,15)/t25-;16-;/m00./s1. The lowest BCUT2D eigenvalue weighted by Crippen LogP contribution is -2.44. The predicted octanol–water partition coefficient (Wildman–Crippen LogP) is 9.64. The van der Waals surface area contributed by atoms with Crippen LogP contribution in [0.5, 0.6) is 0 Å². The van der Waals surface area contributed by atoms with Gasteiger partial charge in [-0.1, -0.05) is 94.9 Å². The third kappa shape index (κ3) is 21.5. The van der Waals surface area contributed by atoms with Gasteiger partial charge in [-0.3, -0.25) is 19.2 Å². The van der Waals surface area contributed by atoms with Gasteiger partial charge in [0, 0.05) is 57.1 Å². The van der Waals surface area contributed by atoms with Gasteiger partial charge in [-0.25, -0.2) is 24.0 Å². The van der Waals surface area contributed by atoms with Crippen molar-refractivity contribution in [1.82, 2.24) is 20.4 Å². The zero-order valence-electron chi connectivity index (χ0n) is 46.3. The number of halogens is 4. The van der Waals surface area contributed by atoms with E-state index in [1.807, 2.05) is 0 Å². The maximum absolute atomic E-state index is 13.0. The third-order valence-electron chi connectivity index (χ3n) is 11.5. The first-order chi connectivity index (χ1) is 39.7. The normalized spacial score (nSPS) is 11.2. The summed E-state index contributed by atoms with van der Waals surface area (Å²) >= 11 is 24.5. The van der Waals surface area contributed by atoms with Crippen molar-refractivity contribution in [3.8, 4) is 0 Å². The zero-order chi connectivity index (χ0) is 62.4. The molecule has 84 heavy (non-hydrogen) atoms. The smallest absolute Gasteiger partial charge is 0.337 e. The van der Waals surface area contributed by atoms with Gasteiger partial charge in [0.2, 0.25) is 12.8 Å². The van der Waals surface area contributed by atoms with Crippen LogP contribution in [0.2, 0.25) is 20.1 Å². The van der Waals surface area contributed by atoms with Crippen molar-refractivity contribution >= 4 is 124 Å². The summed E-state index contributed by atoms with van der Waals surface area (Å²) in [7, 11) is 3.17. The highest BCUT2D eigenvalue weighted by Gasteiger charge is 2.28. The number of nitrogens with one attached hydrogen (secondary N) is 4. The Hall–Kier alpha value is -8.89. The maximum atomic E-state index is 13.0. The second-order valence-corrected chi connectivity index (χ2v) is 20.7. The second kappa shape index (κ2) is 32.7. The molecule has 10 N–H and O–H groups in total. The monoisotopic (exact) mass is 1230 g/mol. The van der Waals surface area contributed by atoms with E-state index in [4.69, 9.17) is 72.5 Å². The van der Waals surface area contributed by atoms with E-state index in [1.54, 1.807) is 127 Å². The second-order valence-electron chi connectivity index (χ2n) is 19.1. The molecule has 2 atom stereocenters. The van der Waals surface area contributed by atoms with Crippen molar-refractivity contribution in [1.29, 1.82) is 0 Å². The number of nitrogen functional groups attached to an aromatic ring is 2. The van der Waals surface area contributed by atoms with Crippen LogP contribution in [-0.4, -0.2) is 113 Å². The van der Waals surface area contributed by atoms with Crippen molar-refractivity contribution in [2.45, 2.75) is 77.9 Å². The Bertz CT molecular complexity index is 3290. The molecule has 0 bridgehead atoms. The maximum Gasteiger partial charge on any atom is 0.337 e. The van der Waals surface area contributed by atoms with Gasteiger partial charge in [0.1, 0.15) is 12.1 Å². The van der Waals surface area contributed by atoms with Gasteiger partial charge in [0.15, 0.2) is 0 Å². The fourth-order valence-corrected chi connectivity index (χ4v) is 8.69. The number of anilines is 4. The first-order valence-corrected chi connectivity index (χ1v) is 26.9. The Morgan fingerprint density at radius 3 is 1.31 bits per heavy atom. The van der Waals surface area contributed by atoms with E-state index < -0.39 is 59.9 Å². The van der Waals surface area contributed by atoms with Crippen molar-refractivity contribution in [3.05, 3.63) is 186 Å². The van der Waals surface area contributed by atoms with Crippen LogP contribution in [0.4, 0.5) is 27.5 Å². The molecule has 0 saturated heterocycles. The zero-order valence-corrected chi connectivity index (χ0v) is 49.3. The third-order valence-corrected chi connectivity index (χ3v) is 12.7. The highest BCUT2D eigenvalue weighted by Crippen LogP contribution is 2.27. The Morgan fingerprint density at radius 1 is 0.536 bits per heavy atom. The molecule has 0 aromatic heterocycles. The minimum Gasteiger partial charge on any atom is -0.478 e. The Balaban J connectivity index is 0.000000310. The highest BCUT2D eigenvalue weighted by atomic mass is 35.5. The predicted molar refractivity (Wildman–Crippen MR) is 322 cm³/mol. The lowest BCUT2D eigenvalue weighted by molar-refractivity contribution is -0.150. The summed E-state index contributed by atoms with van der Waals surface area (Å²) in [5.41, 5.74) is 15.3. The number of esters is 2. The molecule has 0 fully saturated rings. The lowest BCUT2D eigenvalue weighted by atomic mass is 10.0. The van der Waals surface area contributed by atoms with Crippen LogP contribution in [0.3, 0.4) is 0 Å². The van der Waals surface area contributed by atoms with Crippen LogP contribution in [0.15, 0.2) is 121 Å². The number of carboxylic acids is 2. The minimum absolute atomic E-state index is 0.0349. The van der Waals surface area contributed by atoms with Crippen molar-refractivity contribution < 1.29 is 62.8 Å². The fraction of sp³-hybridized carbons (Fsp3) is 0.237. The number of carboxylic acid groups (broad SMARTS) is 2. The van der Waals surface area contributed by atoms with Crippen molar-refractivity contribution in [3.63, 3.8) is 0 Å². The van der Waals surface area contributed by atoms with E-state index in [-0.39, 0.29) is 79.2 Å². The van der Waals surface area contributed by atoms with Crippen LogP contribution in [0.1, 0.15) is 91.4 Å². The molecule has 0 aliphatic heterocycles. The van der Waals surface area contributed by atoms with Crippen LogP contribution >= 0.6 is 46.4 Å². The first kappa shape index (κ1) is 67.6. The number of urea groups is 1. The fourth-order valence-electron chi connectivity index (χ4n) is 7.55. The molecular formula is C59H62Cl4N8O13. The Kier molecular flexibility index (Phi) is 26.3. The van der Waals surface area contributed by atoms with Gasteiger partial charge in [-0.15, -0.1) is 0 Å². The van der Waals surface area contributed by atoms with Crippen molar-refractivity contribution in [2.75, 3.05) is 36.2 Å². The largest absolute Gasteiger partial charge is 0.478 e. The molecule has 0 heterocycles. The number of hydrogen-bond donors (Lipinski definition) is 8. The molecule has 0 saturated carbocycles. The van der Waals surface area contributed by atoms with E-state index in [0.717, 1.165) is 11.1 Å². The number of aromatic carboxylic acids is 2. The molecule has 6 aromatic carbocycles. The number of ether oxygens (including phenoxy) is 2. The SMILES string of the molecule is CC(C)OC(=O)[C@H](Cc1ccc(N)cc1)NC(=O)c1c(Cl)cccc1Cl.CC(C)OC(=O)[C@H](Cc1ccc(NC(=O)Nc2ccc(CN(C)C=O)cc2C(=O)O)cc1)NC(=O)c1c(Cl)cccc1Cl.CN(C=O)Cc1ccc(N)c(C(=O)O)c1. The average molecular weight is 1230 g/mol. The number of nitrogens with zero attached hydrogens (tertiary/aromatic N) is 2. The number of hydrogen-bond acceptors (Lipinski definition) is 13. The number of amides is 6. The number of nitrogens with two attached hydrogens (primary N) is 2. The van der Waals surface area contributed by atoms with E-state index in [1.165, 1.54) is 46.2 Å². The number of benzene rings is 6. The molecule has 0 unspecified atom stereocenters. The topological polar surface area (TPSA) is 319 Å². The molecule has 21 nitrogen and oxygen atoms in total. The molecular weight excluding hydrogens is 1170 g/mol. The molecule has 0 spiro atoms. The van der Waals surface area contributed by atoms with Crippen LogP contribution < -0.4 is 32.7 Å². The summed E-state index contributed by atoms with van der Waals surface area (Å²) in [6, 6.07) is 29.4. The Labute approximate surface area is 504 Å². The molecule has 6 aromatic rings. The molecule has 0 radical (unpaired) electrons. The summed E-state index contributed by atoms with van der Waals surface area (Å²) in [5.74, 6) is -4.67. The number of rotatable bonds is 22. The van der Waals surface area contributed by atoms with E-state index in [2.05, 4.69) is 21.3 Å². The van der Waals surface area contributed by atoms with E-state index in [0.29, 0.717) is 41.9 Å². The average Bonchev–Trinajstić information content (AvgIpc) is 3.44. The molecule has 0 aliphatic carbocycles.